The van der Waals surface area contributed by atoms with Gasteiger partial charge in [0.2, 0.25) is 5.91 Å². The number of morpholine rings is 1. The maximum Gasteiger partial charge on any atom is 0.228 e. The summed E-state index contributed by atoms with van der Waals surface area (Å²) in [5.41, 5.74) is 2.40. The van der Waals surface area contributed by atoms with Crippen molar-refractivity contribution in [1.29, 1.82) is 0 Å². The molecule has 2 fully saturated rings. The molecular weight excluding hydrogens is 432 g/mol. The van der Waals surface area contributed by atoms with E-state index >= 15 is 0 Å². The lowest BCUT2D eigenvalue weighted by molar-refractivity contribution is -0.117. The molecule has 10 nitrogen and oxygen atoms in total. The predicted octanol–water partition coefficient (Wildman–Crippen LogP) is 2.96. The zero-order valence-electron chi connectivity index (χ0n) is 20.8. The molecule has 0 spiro atoms. The second-order valence-corrected chi connectivity index (χ2v) is 8.50. The van der Waals surface area contributed by atoms with E-state index in [9.17, 15) is 4.79 Å². The lowest BCUT2D eigenvalue weighted by Gasteiger charge is -2.28. The number of carbonyl (C=O) groups excluding carboxylic acids is 1. The number of carbonyl (C=O) groups is 1. The largest absolute Gasteiger partial charge is 0.378 e. The van der Waals surface area contributed by atoms with Gasteiger partial charge in [-0.05, 0) is 38.0 Å². The molecule has 2 aliphatic rings. The van der Waals surface area contributed by atoms with Crippen molar-refractivity contribution >= 4 is 39.6 Å². The van der Waals surface area contributed by atoms with Crippen molar-refractivity contribution in [2.24, 2.45) is 5.92 Å². The molecule has 4 aromatic rings. The van der Waals surface area contributed by atoms with Crippen LogP contribution in [0.15, 0.2) is 36.8 Å². The quantitative estimate of drug-likeness (QED) is 0.452. The molecule has 2 N–H and O–H groups in total. The maximum absolute atomic E-state index is 12.3. The third-order valence-electron chi connectivity index (χ3n) is 6.15. The molecule has 0 unspecified atom stereocenters. The van der Waals surface area contributed by atoms with Gasteiger partial charge in [-0.15, -0.1) is 5.10 Å². The van der Waals surface area contributed by atoms with Gasteiger partial charge in [0, 0.05) is 57.0 Å². The number of aromatic nitrogens is 5. The van der Waals surface area contributed by atoms with Crippen LogP contribution in [-0.4, -0.2) is 63.3 Å². The van der Waals surface area contributed by atoms with E-state index in [1.807, 2.05) is 18.3 Å². The summed E-state index contributed by atoms with van der Waals surface area (Å²) < 4.78 is 23.1. The number of rotatable bonds is 6. The minimum Gasteiger partial charge on any atom is -0.378 e. The first kappa shape index (κ1) is 18.6. The first-order valence-electron chi connectivity index (χ1n) is 12.4. The van der Waals surface area contributed by atoms with Gasteiger partial charge >= 0.3 is 0 Å². The second kappa shape index (κ2) is 8.53. The summed E-state index contributed by atoms with van der Waals surface area (Å²) in [4.78, 5) is 28.2. The van der Waals surface area contributed by atoms with Crippen molar-refractivity contribution < 1.29 is 12.3 Å². The van der Waals surface area contributed by atoms with Crippen molar-refractivity contribution in [2.45, 2.75) is 19.8 Å². The zero-order chi connectivity index (χ0) is 24.9. The van der Waals surface area contributed by atoms with E-state index in [0.29, 0.717) is 52.7 Å². The molecule has 0 atom stereocenters. The average Bonchev–Trinajstić information content (AvgIpc) is 3.63. The fraction of sp³-hybridized carbons (Fsp3) is 0.375. The molecule has 1 saturated carbocycles. The van der Waals surface area contributed by atoms with Gasteiger partial charge in [0.15, 0.2) is 11.5 Å². The van der Waals surface area contributed by atoms with Crippen LogP contribution in [0.3, 0.4) is 0 Å². The fourth-order valence-corrected chi connectivity index (χ4v) is 4.17. The van der Waals surface area contributed by atoms with Gasteiger partial charge in [-0.3, -0.25) is 4.79 Å². The van der Waals surface area contributed by atoms with Gasteiger partial charge in [-0.1, -0.05) is 0 Å². The van der Waals surface area contributed by atoms with Gasteiger partial charge in [-0.25, -0.2) is 19.5 Å². The molecule has 0 radical (unpaired) electrons. The Kier molecular flexibility index (Phi) is 4.67. The first-order valence-corrected chi connectivity index (χ1v) is 11.4. The number of fused-ring (bicyclic) bond motifs is 2. The molecule has 1 aliphatic heterocycles. The van der Waals surface area contributed by atoms with Crippen molar-refractivity contribution in [3.63, 3.8) is 0 Å². The summed E-state index contributed by atoms with van der Waals surface area (Å²) >= 11 is 0. The molecule has 6 rings (SSSR count). The number of hydrogen-bond acceptors (Lipinski definition) is 8. The number of anilines is 3. The van der Waals surface area contributed by atoms with Gasteiger partial charge in [0.25, 0.3) is 0 Å². The summed E-state index contributed by atoms with van der Waals surface area (Å²) in [6.45, 7) is 2.77. The standard InChI is InChI=1S/C24H26N8O2/c1-2-25-22-18-12-26-20(28-24(33)15-3-4-15)11-17(18)19(13-27-22)23-29-21-6-5-16(14-32(21)30-23)31-7-9-34-10-8-31/h5-6,11-15H,2-4,7-10H2,1H3,(H,25,27)(H,26,28,33)/i2D2. The van der Waals surface area contributed by atoms with Crippen LogP contribution >= 0.6 is 0 Å². The molecule has 34 heavy (non-hydrogen) atoms. The SMILES string of the molecule is [2H]C([2H])(C)Nc1ncc(-c2nc3ccc(N4CCOCC4)cn3n2)c2cc(NC(=O)C3CC3)ncc12. The molecule has 174 valence electrons. The lowest BCUT2D eigenvalue weighted by atomic mass is 10.1. The van der Waals surface area contributed by atoms with E-state index in [1.54, 1.807) is 23.0 Å². The van der Waals surface area contributed by atoms with Gasteiger partial charge in [0.05, 0.1) is 25.1 Å². The van der Waals surface area contributed by atoms with E-state index in [-0.39, 0.29) is 11.8 Å². The Morgan fingerprint density at radius 1 is 1.21 bits per heavy atom. The lowest BCUT2D eigenvalue weighted by Crippen LogP contribution is -2.36. The first-order chi connectivity index (χ1) is 17.3. The van der Waals surface area contributed by atoms with Crippen LogP contribution in [-0.2, 0) is 9.53 Å². The average molecular weight is 461 g/mol. The highest BCUT2D eigenvalue weighted by Crippen LogP contribution is 2.33. The van der Waals surface area contributed by atoms with Crippen LogP contribution in [0, 0.1) is 5.92 Å². The van der Waals surface area contributed by atoms with E-state index < -0.39 is 6.50 Å². The highest BCUT2D eigenvalue weighted by atomic mass is 16.5. The predicted molar refractivity (Wildman–Crippen MR) is 130 cm³/mol. The molecular formula is C24H26N8O2. The Balaban J connectivity index is 1.42. The third kappa shape index (κ3) is 3.90. The van der Waals surface area contributed by atoms with E-state index in [0.717, 1.165) is 31.6 Å². The van der Waals surface area contributed by atoms with Crippen molar-refractivity contribution in [2.75, 3.05) is 48.3 Å². The Morgan fingerprint density at radius 2 is 2.06 bits per heavy atom. The number of amides is 1. The van der Waals surface area contributed by atoms with Gasteiger partial charge in [-0.2, -0.15) is 0 Å². The van der Waals surface area contributed by atoms with Crippen LogP contribution < -0.4 is 15.5 Å². The van der Waals surface area contributed by atoms with Crippen molar-refractivity contribution in [3.8, 4) is 11.4 Å². The topological polar surface area (TPSA) is 110 Å². The summed E-state index contributed by atoms with van der Waals surface area (Å²) in [6, 6.07) is 5.73. The van der Waals surface area contributed by atoms with E-state index in [1.165, 1.54) is 6.92 Å². The molecule has 0 bridgehead atoms. The number of nitrogens with one attached hydrogen (secondary N) is 2. The van der Waals surface area contributed by atoms with Crippen molar-refractivity contribution in [3.05, 3.63) is 36.8 Å². The highest BCUT2D eigenvalue weighted by molar-refractivity contribution is 6.03. The maximum atomic E-state index is 12.3. The normalized spacial score (nSPS) is 17.5. The smallest absolute Gasteiger partial charge is 0.228 e. The summed E-state index contributed by atoms with van der Waals surface area (Å²) in [6.07, 6.45) is 6.96. The van der Waals surface area contributed by atoms with Crippen molar-refractivity contribution in [1.82, 2.24) is 24.6 Å². The molecule has 4 aromatic heterocycles. The van der Waals surface area contributed by atoms with Crippen LogP contribution in [0.5, 0.6) is 0 Å². The monoisotopic (exact) mass is 460 g/mol. The second-order valence-electron chi connectivity index (χ2n) is 8.50. The van der Waals surface area contributed by atoms with Crippen LogP contribution in [0.25, 0.3) is 27.8 Å². The molecule has 10 heteroatoms. The van der Waals surface area contributed by atoms with Gasteiger partial charge < -0.3 is 20.3 Å². The zero-order valence-corrected chi connectivity index (χ0v) is 18.8. The highest BCUT2D eigenvalue weighted by Gasteiger charge is 2.30. The molecule has 5 heterocycles. The summed E-state index contributed by atoms with van der Waals surface area (Å²) in [5.74, 6) is 1.26. The van der Waals surface area contributed by atoms with E-state index in [2.05, 4.69) is 25.5 Å². The minimum absolute atomic E-state index is 0.0396. The van der Waals surface area contributed by atoms with Crippen LogP contribution in [0.2, 0.25) is 0 Å². The Hall–Kier alpha value is -3.79. The molecule has 1 amide bonds. The summed E-state index contributed by atoms with van der Waals surface area (Å²) in [5, 5.41) is 11.7. The minimum atomic E-state index is -1.68. The number of ether oxygens (including phenoxy) is 1. The fourth-order valence-electron chi connectivity index (χ4n) is 4.17. The van der Waals surface area contributed by atoms with Crippen LogP contribution in [0.1, 0.15) is 22.5 Å². The van der Waals surface area contributed by atoms with Crippen LogP contribution in [0.4, 0.5) is 17.3 Å². The third-order valence-corrected chi connectivity index (χ3v) is 6.15. The molecule has 0 aromatic carbocycles. The Bertz CT molecular complexity index is 1460. The molecule has 1 aliphatic carbocycles. The summed E-state index contributed by atoms with van der Waals surface area (Å²) in [7, 11) is 0. The van der Waals surface area contributed by atoms with E-state index in [4.69, 9.17) is 17.6 Å². The Morgan fingerprint density at radius 3 is 2.85 bits per heavy atom. The number of nitrogens with zero attached hydrogens (tertiary/aromatic N) is 6. The number of hydrogen-bond donors (Lipinski definition) is 2. The molecule has 1 saturated heterocycles. The Labute approximate surface area is 199 Å². The van der Waals surface area contributed by atoms with Gasteiger partial charge in [0.1, 0.15) is 11.6 Å². The number of pyridine rings is 3.